The summed E-state index contributed by atoms with van der Waals surface area (Å²) >= 11 is 1.68. The quantitative estimate of drug-likeness (QED) is 0.761. The van der Waals surface area contributed by atoms with Gasteiger partial charge in [-0.3, -0.25) is 0 Å². The molecule has 2 aromatic rings. The summed E-state index contributed by atoms with van der Waals surface area (Å²) < 4.78 is 0. The second kappa shape index (κ2) is 5.60. The minimum Gasteiger partial charge on any atom is -0.241 e. The van der Waals surface area contributed by atoms with Crippen molar-refractivity contribution in [2.45, 2.75) is 26.2 Å². The number of thiazole rings is 1. The SMILES string of the molecule is Cc1cccc(-c2csc(CCCC#N)n2)c1. The molecule has 0 radical (unpaired) electrons. The molecule has 0 N–H and O–H groups in total. The summed E-state index contributed by atoms with van der Waals surface area (Å²) in [6.07, 6.45) is 2.42. The Morgan fingerprint density at radius 3 is 3.06 bits per heavy atom. The summed E-state index contributed by atoms with van der Waals surface area (Å²) in [4.78, 5) is 4.60. The molecule has 0 aliphatic rings. The zero-order valence-corrected chi connectivity index (χ0v) is 10.6. The van der Waals surface area contributed by atoms with E-state index in [4.69, 9.17) is 5.26 Å². The molecule has 1 aromatic carbocycles. The highest BCUT2D eigenvalue weighted by atomic mass is 32.1. The number of nitrogens with zero attached hydrogens (tertiary/aromatic N) is 2. The molecule has 0 spiro atoms. The van der Waals surface area contributed by atoms with Gasteiger partial charge in [0.25, 0.3) is 0 Å². The van der Waals surface area contributed by atoms with Gasteiger partial charge in [0.15, 0.2) is 0 Å². The van der Waals surface area contributed by atoms with Crippen molar-refractivity contribution >= 4 is 11.3 Å². The largest absolute Gasteiger partial charge is 0.241 e. The number of aromatic nitrogens is 1. The Balaban J connectivity index is 2.10. The Kier molecular flexibility index (Phi) is 3.89. The van der Waals surface area contributed by atoms with Crippen molar-refractivity contribution < 1.29 is 0 Å². The molecule has 2 nitrogen and oxygen atoms in total. The van der Waals surface area contributed by atoms with Gasteiger partial charge in [-0.1, -0.05) is 23.8 Å². The van der Waals surface area contributed by atoms with E-state index in [-0.39, 0.29) is 0 Å². The van der Waals surface area contributed by atoms with E-state index in [9.17, 15) is 0 Å². The van der Waals surface area contributed by atoms with Crippen LogP contribution in [0.15, 0.2) is 29.6 Å². The third-order valence-corrected chi connectivity index (χ3v) is 3.45. The van der Waals surface area contributed by atoms with E-state index in [1.165, 1.54) is 11.1 Å². The van der Waals surface area contributed by atoms with Crippen molar-refractivity contribution in [3.63, 3.8) is 0 Å². The molecule has 0 unspecified atom stereocenters. The fourth-order valence-corrected chi connectivity index (χ4v) is 2.53. The topological polar surface area (TPSA) is 36.7 Å². The van der Waals surface area contributed by atoms with Gasteiger partial charge in [0.2, 0.25) is 0 Å². The Morgan fingerprint density at radius 2 is 2.29 bits per heavy atom. The molecule has 0 saturated heterocycles. The predicted molar refractivity (Wildman–Crippen MR) is 70.8 cm³/mol. The van der Waals surface area contributed by atoms with E-state index >= 15 is 0 Å². The molecule has 0 amide bonds. The predicted octanol–water partition coefficient (Wildman–Crippen LogP) is 3.96. The molecule has 0 saturated carbocycles. The number of hydrogen-bond donors (Lipinski definition) is 0. The maximum Gasteiger partial charge on any atom is 0.0932 e. The van der Waals surface area contributed by atoms with Gasteiger partial charge in [0, 0.05) is 23.8 Å². The van der Waals surface area contributed by atoms with Crippen molar-refractivity contribution in [1.29, 1.82) is 5.26 Å². The third-order valence-electron chi connectivity index (χ3n) is 2.54. The number of hydrogen-bond acceptors (Lipinski definition) is 3. The molecule has 17 heavy (non-hydrogen) atoms. The minimum absolute atomic E-state index is 0.610. The Labute approximate surface area is 106 Å². The van der Waals surface area contributed by atoms with Crippen molar-refractivity contribution in [2.24, 2.45) is 0 Å². The van der Waals surface area contributed by atoms with Gasteiger partial charge in [0.05, 0.1) is 16.8 Å². The van der Waals surface area contributed by atoms with Gasteiger partial charge < -0.3 is 0 Å². The van der Waals surface area contributed by atoms with Crippen LogP contribution < -0.4 is 0 Å². The van der Waals surface area contributed by atoms with Crippen LogP contribution in [-0.2, 0) is 6.42 Å². The normalized spacial score (nSPS) is 10.1. The fourth-order valence-electron chi connectivity index (χ4n) is 1.68. The summed E-state index contributed by atoms with van der Waals surface area (Å²) in [6, 6.07) is 10.5. The second-order valence-electron chi connectivity index (χ2n) is 4.01. The lowest BCUT2D eigenvalue weighted by Crippen LogP contribution is -1.84. The standard InChI is InChI=1S/C14H14N2S/c1-11-5-4-6-12(9-11)13-10-17-14(16-13)7-2-3-8-15/h4-6,9-10H,2-3,7H2,1H3. The van der Waals surface area contributed by atoms with Crippen LogP contribution in [0.3, 0.4) is 0 Å². The molecule has 1 heterocycles. The first kappa shape index (κ1) is 11.8. The maximum atomic E-state index is 8.49. The van der Waals surface area contributed by atoms with Crippen LogP contribution in [-0.4, -0.2) is 4.98 Å². The lowest BCUT2D eigenvalue weighted by molar-refractivity contribution is 0.843. The molecule has 0 aliphatic carbocycles. The lowest BCUT2D eigenvalue weighted by atomic mass is 10.1. The van der Waals surface area contributed by atoms with Gasteiger partial charge in [-0.2, -0.15) is 5.26 Å². The zero-order valence-electron chi connectivity index (χ0n) is 9.81. The van der Waals surface area contributed by atoms with Crippen LogP contribution in [0.25, 0.3) is 11.3 Å². The molecule has 1 aromatic heterocycles. The molecule has 86 valence electrons. The summed E-state index contributed by atoms with van der Waals surface area (Å²) in [5.74, 6) is 0. The molecule has 0 fully saturated rings. The van der Waals surface area contributed by atoms with Gasteiger partial charge in [-0.15, -0.1) is 11.3 Å². The first-order valence-electron chi connectivity index (χ1n) is 5.68. The van der Waals surface area contributed by atoms with Crippen LogP contribution >= 0.6 is 11.3 Å². The zero-order chi connectivity index (χ0) is 12.1. The summed E-state index contributed by atoms with van der Waals surface area (Å²) in [5.41, 5.74) is 3.47. The number of nitriles is 1. The summed E-state index contributed by atoms with van der Waals surface area (Å²) in [5, 5.41) is 11.7. The lowest BCUT2D eigenvalue weighted by Gasteiger charge is -1.97. The summed E-state index contributed by atoms with van der Waals surface area (Å²) in [7, 11) is 0. The van der Waals surface area contributed by atoms with Crippen LogP contribution in [0, 0.1) is 18.3 Å². The first-order valence-corrected chi connectivity index (χ1v) is 6.56. The smallest absolute Gasteiger partial charge is 0.0932 e. The summed E-state index contributed by atoms with van der Waals surface area (Å²) in [6.45, 7) is 2.09. The van der Waals surface area contributed by atoms with Crippen molar-refractivity contribution in [2.75, 3.05) is 0 Å². The van der Waals surface area contributed by atoms with Crippen LogP contribution in [0.2, 0.25) is 0 Å². The highest BCUT2D eigenvalue weighted by Gasteiger charge is 2.04. The molecule has 0 bridgehead atoms. The van der Waals surface area contributed by atoms with Crippen molar-refractivity contribution in [3.05, 3.63) is 40.2 Å². The molecular formula is C14H14N2S. The third kappa shape index (κ3) is 3.15. The number of rotatable bonds is 4. The number of unbranched alkanes of at least 4 members (excludes halogenated alkanes) is 1. The van der Waals surface area contributed by atoms with Gasteiger partial charge in [-0.25, -0.2) is 4.98 Å². The van der Waals surface area contributed by atoms with Gasteiger partial charge >= 0.3 is 0 Å². The molecule has 3 heteroatoms. The van der Waals surface area contributed by atoms with E-state index in [2.05, 4.69) is 47.6 Å². The van der Waals surface area contributed by atoms with Crippen molar-refractivity contribution in [1.82, 2.24) is 4.98 Å². The number of benzene rings is 1. The molecule has 0 aliphatic heterocycles. The van der Waals surface area contributed by atoms with Crippen LogP contribution in [0.4, 0.5) is 0 Å². The highest BCUT2D eigenvalue weighted by molar-refractivity contribution is 7.09. The van der Waals surface area contributed by atoms with Crippen molar-refractivity contribution in [3.8, 4) is 17.3 Å². The van der Waals surface area contributed by atoms with Crippen LogP contribution in [0.5, 0.6) is 0 Å². The van der Waals surface area contributed by atoms with E-state index in [0.717, 1.165) is 23.5 Å². The average molecular weight is 242 g/mol. The van der Waals surface area contributed by atoms with Gasteiger partial charge in [-0.05, 0) is 19.4 Å². The van der Waals surface area contributed by atoms with E-state index in [0.29, 0.717) is 6.42 Å². The molecule has 0 atom stereocenters. The average Bonchev–Trinajstić information content (AvgIpc) is 2.78. The van der Waals surface area contributed by atoms with E-state index in [1.54, 1.807) is 11.3 Å². The van der Waals surface area contributed by atoms with E-state index in [1.807, 2.05) is 0 Å². The second-order valence-corrected chi connectivity index (χ2v) is 4.95. The fraction of sp³-hybridized carbons (Fsp3) is 0.286. The highest BCUT2D eigenvalue weighted by Crippen LogP contribution is 2.23. The monoisotopic (exact) mass is 242 g/mol. The molecule has 2 rings (SSSR count). The Morgan fingerprint density at radius 1 is 1.41 bits per heavy atom. The minimum atomic E-state index is 0.610. The van der Waals surface area contributed by atoms with E-state index < -0.39 is 0 Å². The molecular weight excluding hydrogens is 228 g/mol. The first-order chi connectivity index (χ1) is 8.29. The van der Waals surface area contributed by atoms with Gasteiger partial charge in [0.1, 0.15) is 0 Å². The Hall–Kier alpha value is -1.66. The maximum absolute atomic E-state index is 8.49. The Bertz CT molecular complexity index is 537. The number of aryl methyl sites for hydroxylation is 2. The van der Waals surface area contributed by atoms with Crippen LogP contribution in [0.1, 0.15) is 23.4 Å².